The van der Waals surface area contributed by atoms with Crippen LogP contribution in [0.4, 0.5) is 5.82 Å². The molecule has 1 fully saturated rings. The van der Waals surface area contributed by atoms with Crippen molar-refractivity contribution in [2.75, 3.05) is 25.9 Å². The summed E-state index contributed by atoms with van der Waals surface area (Å²) in [5, 5.41) is 0.873. The summed E-state index contributed by atoms with van der Waals surface area (Å²) < 4.78 is 5.86. The third kappa shape index (κ3) is 2.61. The van der Waals surface area contributed by atoms with Gasteiger partial charge in [-0.2, -0.15) is 9.97 Å². The van der Waals surface area contributed by atoms with Crippen LogP contribution in [0.2, 0.25) is 0 Å². The molecule has 0 unspecified atom stereocenters. The molecule has 5 heteroatoms. The smallest absolute Gasteiger partial charge is 0.319 e. The van der Waals surface area contributed by atoms with E-state index in [0.29, 0.717) is 11.8 Å². The Hall–Kier alpha value is -1.88. The summed E-state index contributed by atoms with van der Waals surface area (Å²) in [5.41, 5.74) is 6.78. The van der Waals surface area contributed by atoms with Crippen molar-refractivity contribution in [2.45, 2.75) is 18.9 Å². The molecule has 2 aromatic rings. The first-order chi connectivity index (χ1) is 9.22. The lowest BCUT2D eigenvalue weighted by Gasteiger charge is -2.28. The topological polar surface area (TPSA) is 64.3 Å². The van der Waals surface area contributed by atoms with E-state index in [1.54, 1.807) is 0 Å². The highest BCUT2D eigenvalue weighted by molar-refractivity contribution is 5.88. The Balaban J connectivity index is 1.81. The third-order valence-electron chi connectivity index (χ3n) is 3.55. The van der Waals surface area contributed by atoms with E-state index in [4.69, 9.17) is 10.5 Å². The number of ether oxygens (including phenoxy) is 1. The lowest BCUT2D eigenvalue weighted by molar-refractivity contribution is 0.106. The number of hydrogen-bond acceptors (Lipinski definition) is 5. The minimum absolute atomic E-state index is 0.191. The Labute approximate surface area is 112 Å². The summed E-state index contributed by atoms with van der Waals surface area (Å²) in [6.45, 7) is 2.10. The van der Waals surface area contributed by atoms with E-state index in [-0.39, 0.29) is 6.10 Å². The molecule has 0 atom stereocenters. The van der Waals surface area contributed by atoms with Crippen molar-refractivity contribution >= 4 is 16.7 Å². The maximum Gasteiger partial charge on any atom is 0.319 e. The normalized spacial score (nSPS) is 17.7. The van der Waals surface area contributed by atoms with E-state index in [1.807, 2.05) is 24.3 Å². The van der Waals surface area contributed by atoms with Gasteiger partial charge in [-0.3, -0.25) is 0 Å². The van der Waals surface area contributed by atoms with Crippen molar-refractivity contribution in [2.24, 2.45) is 0 Å². The van der Waals surface area contributed by atoms with Crippen LogP contribution in [0.1, 0.15) is 12.8 Å². The van der Waals surface area contributed by atoms with Gasteiger partial charge in [0, 0.05) is 18.5 Å². The number of aromatic nitrogens is 2. The van der Waals surface area contributed by atoms with E-state index >= 15 is 0 Å². The van der Waals surface area contributed by atoms with Crippen LogP contribution in [0.3, 0.4) is 0 Å². The number of nitrogens with zero attached hydrogens (tertiary/aromatic N) is 3. The van der Waals surface area contributed by atoms with Crippen LogP contribution in [0.5, 0.6) is 6.01 Å². The molecule has 0 spiro atoms. The number of rotatable bonds is 2. The zero-order valence-corrected chi connectivity index (χ0v) is 11.0. The minimum Gasteiger partial charge on any atom is -0.460 e. The molecule has 100 valence electrons. The number of hydrogen-bond donors (Lipinski definition) is 1. The van der Waals surface area contributed by atoms with E-state index in [9.17, 15) is 0 Å². The number of likely N-dealkylation sites (tertiary alicyclic amines) is 1. The molecule has 1 aromatic carbocycles. The Morgan fingerprint density at radius 1 is 1.21 bits per heavy atom. The maximum absolute atomic E-state index is 5.94. The Kier molecular flexibility index (Phi) is 3.21. The molecule has 0 radical (unpaired) electrons. The molecule has 1 aliphatic rings. The van der Waals surface area contributed by atoms with Crippen LogP contribution in [0.15, 0.2) is 24.3 Å². The van der Waals surface area contributed by atoms with Gasteiger partial charge in [0.25, 0.3) is 0 Å². The first kappa shape index (κ1) is 12.2. The zero-order valence-electron chi connectivity index (χ0n) is 11.0. The molecule has 1 saturated heterocycles. The van der Waals surface area contributed by atoms with Crippen molar-refractivity contribution in [1.82, 2.24) is 14.9 Å². The van der Waals surface area contributed by atoms with Crippen molar-refractivity contribution in [3.8, 4) is 6.01 Å². The van der Waals surface area contributed by atoms with Crippen molar-refractivity contribution in [3.05, 3.63) is 24.3 Å². The van der Waals surface area contributed by atoms with Crippen LogP contribution in [-0.2, 0) is 0 Å². The number of para-hydroxylation sites is 1. The quantitative estimate of drug-likeness (QED) is 0.888. The average molecular weight is 258 g/mol. The number of fused-ring (bicyclic) bond motifs is 1. The Bertz CT molecular complexity index is 579. The highest BCUT2D eigenvalue weighted by Crippen LogP contribution is 2.22. The molecule has 1 aliphatic heterocycles. The zero-order chi connectivity index (χ0) is 13.2. The second kappa shape index (κ2) is 5.01. The van der Waals surface area contributed by atoms with E-state index in [1.165, 1.54) is 0 Å². The van der Waals surface area contributed by atoms with Gasteiger partial charge in [0.2, 0.25) is 0 Å². The van der Waals surface area contributed by atoms with Crippen LogP contribution >= 0.6 is 0 Å². The molecule has 5 nitrogen and oxygen atoms in total. The largest absolute Gasteiger partial charge is 0.460 e. The van der Waals surface area contributed by atoms with E-state index in [2.05, 4.69) is 21.9 Å². The second-order valence-corrected chi connectivity index (χ2v) is 5.03. The summed E-state index contributed by atoms with van der Waals surface area (Å²) in [7, 11) is 2.13. The standard InChI is InChI=1S/C14H18N4O/c1-18-8-6-10(7-9-18)19-14-16-12-5-3-2-4-11(12)13(15)17-14/h2-5,10H,6-9H2,1H3,(H2,15,16,17). The van der Waals surface area contributed by atoms with Gasteiger partial charge in [0.05, 0.1) is 5.52 Å². The van der Waals surface area contributed by atoms with Gasteiger partial charge in [0.1, 0.15) is 11.9 Å². The van der Waals surface area contributed by atoms with Crippen LogP contribution in [0.25, 0.3) is 10.9 Å². The number of benzene rings is 1. The SMILES string of the molecule is CN1CCC(Oc2nc(N)c3ccccc3n2)CC1. The first-order valence-corrected chi connectivity index (χ1v) is 6.60. The predicted octanol–water partition coefficient (Wildman–Crippen LogP) is 1.69. The molecule has 1 aromatic heterocycles. The molecule has 3 rings (SSSR count). The van der Waals surface area contributed by atoms with E-state index in [0.717, 1.165) is 36.8 Å². The maximum atomic E-state index is 5.94. The molecule has 19 heavy (non-hydrogen) atoms. The van der Waals surface area contributed by atoms with Crippen molar-refractivity contribution < 1.29 is 4.74 Å². The van der Waals surface area contributed by atoms with Gasteiger partial charge in [-0.25, -0.2) is 0 Å². The molecule has 2 heterocycles. The Morgan fingerprint density at radius 2 is 1.95 bits per heavy atom. The molecule has 0 bridgehead atoms. The van der Waals surface area contributed by atoms with Gasteiger partial charge >= 0.3 is 6.01 Å². The highest BCUT2D eigenvalue weighted by Gasteiger charge is 2.19. The fourth-order valence-corrected chi connectivity index (χ4v) is 2.38. The van der Waals surface area contributed by atoms with Gasteiger partial charge in [-0.15, -0.1) is 0 Å². The molecular formula is C14H18N4O. The fraction of sp³-hybridized carbons (Fsp3) is 0.429. The first-order valence-electron chi connectivity index (χ1n) is 6.60. The number of nitrogens with two attached hydrogens (primary N) is 1. The average Bonchev–Trinajstić information content (AvgIpc) is 2.42. The van der Waals surface area contributed by atoms with E-state index < -0.39 is 0 Å². The van der Waals surface area contributed by atoms with Crippen LogP contribution < -0.4 is 10.5 Å². The number of piperidine rings is 1. The molecular weight excluding hydrogens is 240 g/mol. The molecule has 2 N–H and O–H groups in total. The molecule has 0 saturated carbocycles. The van der Waals surface area contributed by atoms with Gasteiger partial charge < -0.3 is 15.4 Å². The van der Waals surface area contributed by atoms with Crippen LogP contribution in [-0.4, -0.2) is 41.1 Å². The molecule has 0 aliphatic carbocycles. The summed E-state index contributed by atoms with van der Waals surface area (Å²) in [4.78, 5) is 11.0. The second-order valence-electron chi connectivity index (χ2n) is 5.03. The predicted molar refractivity (Wildman–Crippen MR) is 75.1 cm³/mol. The minimum atomic E-state index is 0.191. The lowest BCUT2D eigenvalue weighted by Crippen LogP contribution is -2.36. The lowest BCUT2D eigenvalue weighted by atomic mass is 10.1. The Morgan fingerprint density at radius 3 is 2.74 bits per heavy atom. The summed E-state index contributed by atoms with van der Waals surface area (Å²) in [5.74, 6) is 0.480. The van der Waals surface area contributed by atoms with Gasteiger partial charge in [-0.1, -0.05) is 12.1 Å². The summed E-state index contributed by atoms with van der Waals surface area (Å²) in [6, 6.07) is 8.11. The monoisotopic (exact) mass is 258 g/mol. The van der Waals surface area contributed by atoms with Gasteiger partial charge in [-0.05, 0) is 32.0 Å². The number of nitrogen functional groups attached to an aromatic ring is 1. The number of anilines is 1. The summed E-state index contributed by atoms with van der Waals surface area (Å²) in [6.07, 6.45) is 2.20. The highest BCUT2D eigenvalue weighted by atomic mass is 16.5. The molecule has 0 amide bonds. The van der Waals surface area contributed by atoms with Crippen molar-refractivity contribution in [3.63, 3.8) is 0 Å². The fourth-order valence-electron chi connectivity index (χ4n) is 2.38. The van der Waals surface area contributed by atoms with Crippen LogP contribution in [0, 0.1) is 0 Å². The van der Waals surface area contributed by atoms with Crippen molar-refractivity contribution in [1.29, 1.82) is 0 Å². The summed E-state index contributed by atoms with van der Waals surface area (Å²) >= 11 is 0. The van der Waals surface area contributed by atoms with Gasteiger partial charge in [0.15, 0.2) is 0 Å². The third-order valence-corrected chi connectivity index (χ3v) is 3.55.